The fraction of sp³-hybridized carbons (Fsp3) is 0.200. The van der Waals surface area contributed by atoms with E-state index in [4.69, 9.17) is 9.84 Å². The number of aryl methyl sites for hydroxylation is 1. The Morgan fingerprint density at radius 2 is 2.05 bits per heavy atom. The van der Waals surface area contributed by atoms with Gasteiger partial charge in [0.1, 0.15) is 10.6 Å². The van der Waals surface area contributed by atoms with Crippen molar-refractivity contribution < 1.29 is 19.4 Å². The summed E-state index contributed by atoms with van der Waals surface area (Å²) in [7, 11) is 0. The number of thiophene rings is 1. The molecule has 0 aliphatic heterocycles. The van der Waals surface area contributed by atoms with Crippen LogP contribution >= 0.6 is 11.3 Å². The Kier molecular flexibility index (Phi) is 4.94. The van der Waals surface area contributed by atoms with Gasteiger partial charge in [0, 0.05) is 0 Å². The van der Waals surface area contributed by atoms with E-state index in [-0.39, 0.29) is 23.8 Å². The standard InChI is InChI=1S/C15H15NO4S/c1-10-4-2-3-5-12(10)20-8-6-13(17)16-11-7-9-21-14(11)15(18)19/h2-5,7,9H,6,8H2,1H3,(H,16,17)(H,18,19). The number of carbonyl (C=O) groups is 2. The number of carboxylic acids is 1. The Labute approximate surface area is 126 Å². The van der Waals surface area contributed by atoms with E-state index in [2.05, 4.69) is 5.32 Å². The van der Waals surface area contributed by atoms with E-state index in [1.807, 2.05) is 31.2 Å². The maximum absolute atomic E-state index is 11.8. The number of anilines is 1. The minimum Gasteiger partial charge on any atom is -0.493 e. The zero-order valence-electron chi connectivity index (χ0n) is 11.5. The van der Waals surface area contributed by atoms with Crippen molar-refractivity contribution >= 4 is 28.9 Å². The summed E-state index contributed by atoms with van der Waals surface area (Å²) in [5.41, 5.74) is 1.33. The maximum atomic E-state index is 11.8. The average Bonchev–Trinajstić information content (AvgIpc) is 2.89. The Balaban J connectivity index is 1.84. The fourth-order valence-corrected chi connectivity index (χ4v) is 2.45. The number of hydrogen-bond acceptors (Lipinski definition) is 4. The first kappa shape index (κ1) is 15.1. The molecule has 0 unspecified atom stereocenters. The smallest absolute Gasteiger partial charge is 0.348 e. The Bertz CT molecular complexity index is 651. The van der Waals surface area contributed by atoms with Gasteiger partial charge in [-0.25, -0.2) is 4.79 Å². The van der Waals surface area contributed by atoms with Crippen molar-refractivity contribution in [3.05, 3.63) is 46.2 Å². The number of nitrogens with one attached hydrogen (secondary N) is 1. The summed E-state index contributed by atoms with van der Waals surface area (Å²) in [4.78, 5) is 22.8. The third kappa shape index (κ3) is 4.06. The molecule has 0 spiro atoms. The molecule has 0 atom stereocenters. The van der Waals surface area contributed by atoms with Gasteiger partial charge in [0.05, 0.1) is 18.7 Å². The van der Waals surface area contributed by atoms with Gasteiger partial charge in [0.2, 0.25) is 5.91 Å². The number of para-hydroxylation sites is 1. The number of benzene rings is 1. The highest BCUT2D eigenvalue weighted by Gasteiger charge is 2.13. The lowest BCUT2D eigenvalue weighted by molar-refractivity contribution is -0.116. The van der Waals surface area contributed by atoms with Crippen molar-refractivity contribution in [2.24, 2.45) is 0 Å². The van der Waals surface area contributed by atoms with Crippen LogP contribution in [-0.4, -0.2) is 23.6 Å². The molecule has 1 heterocycles. The molecule has 110 valence electrons. The van der Waals surface area contributed by atoms with Crippen molar-refractivity contribution in [1.82, 2.24) is 0 Å². The number of hydrogen-bond donors (Lipinski definition) is 2. The van der Waals surface area contributed by atoms with E-state index in [9.17, 15) is 9.59 Å². The first-order valence-electron chi connectivity index (χ1n) is 6.37. The number of ether oxygens (including phenoxy) is 1. The zero-order valence-corrected chi connectivity index (χ0v) is 12.3. The highest BCUT2D eigenvalue weighted by molar-refractivity contribution is 7.12. The molecule has 2 N–H and O–H groups in total. The Morgan fingerprint density at radius 3 is 2.76 bits per heavy atom. The molecular formula is C15H15NO4S. The molecular weight excluding hydrogens is 290 g/mol. The van der Waals surface area contributed by atoms with Gasteiger partial charge in [-0.05, 0) is 30.0 Å². The monoisotopic (exact) mass is 305 g/mol. The number of rotatable bonds is 6. The second kappa shape index (κ2) is 6.90. The van der Waals surface area contributed by atoms with Gasteiger partial charge in [-0.2, -0.15) is 0 Å². The van der Waals surface area contributed by atoms with Crippen LogP contribution in [0.5, 0.6) is 5.75 Å². The summed E-state index contributed by atoms with van der Waals surface area (Å²) < 4.78 is 5.53. The zero-order chi connectivity index (χ0) is 15.2. The SMILES string of the molecule is Cc1ccccc1OCCC(=O)Nc1ccsc1C(=O)O. The van der Waals surface area contributed by atoms with Crippen LogP contribution in [0, 0.1) is 6.92 Å². The Morgan fingerprint density at radius 1 is 1.29 bits per heavy atom. The Hall–Kier alpha value is -2.34. The third-order valence-corrected chi connectivity index (χ3v) is 3.72. The van der Waals surface area contributed by atoms with Crippen molar-refractivity contribution in [3.63, 3.8) is 0 Å². The molecule has 2 rings (SSSR count). The van der Waals surface area contributed by atoms with Crippen LogP contribution in [0.15, 0.2) is 35.7 Å². The van der Waals surface area contributed by atoms with E-state index in [0.717, 1.165) is 22.6 Å². The van der Waals surface area contributed by atoms with Gasteiger partial charge in [0.15, 0.2) is 0 Å². The van der Waals surface area contributed by atoms with Crippen molar-refractivity contribution in [1.29, 1.82) is 0 Å². The highest BCUT2D eigenvalue weighted by atomic mass is 32.1. The van der Waals surface area contributed by atoms with Gasteiger partial charge in [-0.15, -0.1) is 11.3 Å². The van der Waals surface area contributed by atoms with E-state index < -0.39 is 5.97 Å². The van der Waals surface area contributed by atoms with Crippen molar-refractivity contribution in [3.8, 4) is 5.75 Å². The quantitative estimate of drug-likeness (QED) is 0.859. The average molecular weight is 305 g/mol. The minimum atomic E-state index is -1.04. The summed E-state index contributed by atoms with van der Waals surface area (Å²) in [6, 6.07) is 9.13. The van der Waals surface area contributed by atoms with Gasteiger partial charge < -0.3 is 15.2 Å². The van der Waals surface area contributed by atoms with Crippen molar-refractivity contribution in [2.45, 2.75) is 13.3 Å². The molecule has 0 fully saturated rings. The van der Waals surface area contributed by atoms with Gasteiger partial charge in [0.25, 0.3) is 0 Å². The molecule has 1 aromatic carbocycles. The van der Waals surface area contributed by atoms with Crippen LogP contribution in [0.25, 0.3) is 0 Å². The summed E-state index contributed by atoms with van der Waals surface area (Å²) in [6.45, 7) is 2.17. The fourth-order valence-electron chi connectivity index (χ4n) is 1.76. The van der Waals surface area contributed by atoms with E-state index in [1.54, 1.807) is 11.4 Å². The lowest BCUT2D eigenvalue weighted by Crippen LogP contribution is -2.16. The number of amides is 1. The van der Waals surface area contributed by atoms with Crippen LogP contribution < -0.4 is 10.1 Å². The lowest BCUT2D eigenvalue weighted by Gasteiger charge is -2.09. The lowest BCUT2D eigenvalue weighted by atomic mass is 10.2. The van der Waals surface area contributed by atoms with Crippen LogP contribution in [0.1, 0.15) is 21.7 Å². The topological polar surface area (TPSA) is 75.6 Å². The predicted octanol–water partition coefficient (Wildman–Crippen LogP) is 3.16. The molecule has 6 heteroatoms. The van der Waals surface area contributed by atoms with E-state index in [1.165, 1.54) is 0 Å². The first-order valence-corrected chi connectivity index (χ1v) is 7.25. The third-order valence-electron chi connectivity index (χ3n) is 2.81. The van der Waals surface area contributed by atoms with E-state index >= 15 is 0 Å². The molecule has 0 aliphatic carbocycles. The molecule has 0 radical (unpaired) electrons. The number of aromatic carboxylic acids is 1. The van der Waals surface area contributed by atoms with Gasteiger partial charge in [-0.3, -0.25) is 4.79 Å². The van der Waals surface area contributed by atoms with Crippen LogP contribution in [0.3, 0.4) is 0 Å². The van der Waals surface area contributed by atoms with Crippen molar-refractivity contribution in [2.75, 3.05) is 11.9 Å². The molecule has 21 heavy (non-hydrogen) atoms. The highest BCUT2D eigenvalue weighted by Crippen LogP contribution is 2.22. The van der Waals surface area contributed by atoms with Crippen LogP contribution in [-0.2, 0) is 4.79 Å². The van der Waals surface area contributed by atoms with E-state index in [0.29, 0.717) is 5.69 Å². The van der Waals surface area contributed by atoms with Crippen LogP contribution in [0.4, 0.5) is 5.69 Å². The molecule has 5 nitrogen and oxygen atoms in total. The molecule has 2 aromatic rings. The first-order chi connectivity index (χ1) is 10.1. The van der Waals surface area contributed by atoms with Crippen LogP contribution in [0.2, 0.25) is 0 Å². The molecule has 0 bridgehead atoms. The summed E-state index contributed by atoms with van der Waals surface area (Å²) in [6.07, 6.45) is 0.156. The number of carboxylic acid groups (broad SMARTS) is 1. The van der Waals surface area contributed by atoms with Gasteiger partial charge >= 0.3 is 5.97 Å². The maximum Gasteiger partial charge on any atom is 0.348 e. The second-order valence-corrected chi connectivity index (χ2v) is 5.30. The minimum absolute atomic E-state index is 0.128. The normalized spacial score (nSPS) is 10.1. The second-order valence-electron chi connectivity index (χ2n) is 4.38. The molecule has 0 aliphatic rings. The molecule has 0 saturated heterocycles. The summed E-state index contributed by atoms with van der Waals surface area (Å²) >= 11 is 1.08. The van der Waals surface area contributed by atoms with Gasteiger partial charge in [-0.1, -0.05) is 18.2 Å². The summed E-state index contributed by atoms with van der Waals surface area (Å²) in [5.74, 6) is -0.576. The number of carbonyl (C=O) groups excluding carboxylic acids is 1. The largest absolute Gasteiger partial charge is 0.493 e. The molecule has 1 amide bonds. The molecule has 0 saturated carbocycles. The summed E-state index contributed by atoms with van der Waals surface area (Å²) in [5, 5.41) is 13.2. The predicted molar refractivity (Wildman–Crippen MR) is 81.2 cm³/mol. The molecule has 1 aromatic heterocycles.